The number of hydrogen-bond acceptors (Lipinski definition) is 33. The van der Waals surface area contributed by atoms with Crippen LogP contribution in [0.1, 0.15) is 139 Å². The molecule has 146 heavy (non-hydrogen) atoms. The van der Waals surface area contributed by atoms with Crippen molar-refractivity contribution >= 4 is 142 Å². The molecule has 0 saturated heterocycles. The van der Waals surface area contributed by atoms with Crippen LogP contribution >= 0.6 is 0 Å². The van der Waals surface area contributed by atoms with Crippen molar-refractivity contribution in [3.05, 3.63) is 65.7 Å². The van der Waals surface area contributed by atoms with E-state index >= 15 is 0 Å². The van der Waals surface area contributed by atoms with Crippen LogP contribution in [-0.2, 0) is 123 Å². The van der Waals surface area contributed by atoms with Gasteiger partial charge in [-0.1, -0.05) is 84.0 Å². The second-order valence-electron chi connectivity index (χ2n) is 35.1. The first kappa shape index (κ1) is 127. The molecule has 0 bridgehead atoms. The van der Waals surface area contributed by atoms with E-state index in [2.05, 4.69) is 106 Å². The SMILES string of the molecule is CC(C)C[C@H](NC(=O)[C@H](CC(=O)O)NC(=O)[C@@H](NC(=O)[C@@H](NC(=O)[C@H](CCCNC(=N)N)NC(=O)[C@@H](NC(=O)[C@@H](NC(=O)[C@H](C)NC(=O)[C@H](CCC(N)=O)NC(=O)CNC(=O)[C@H](CCC(=O)O)NC(=O)CNC(=O)[C@H](CO)NC(=O)[C@@H](NC(=O)CN)[C@@H](C)O)[C@@H](C)O)C(C)C)[C@@H](C)O)[C@@H](C)O)C(=O)N[C@@H](CO)C(=O)N[C@@H](Cc1ccccc1)C(=O)N[C@@H](CO)C(=O)N[C@@H](Cc1ccc(O)cc1)C(=O)N[C@H](C(=O)O)C(C)C. The molecule has 58 heteroatoms. The van der Waals surface area contributed by atoms with Crippen LogP contribution in [0.3, 0.4) is 0 Å². The minimum absolute atomic E-state index is 0.132. The number of phenols is 1. The van der Waals surface area contributed by atoms with E-state index in [0.29, 0.717) is 11.1 Å². The molecule has 21 atom stereocenters. The molecule has 0 heterocycles. The Morgan fingerprint density at radius 3 is 1.10 bits per heavy atom. The molecule has 0 aromatic heterocycles. The van der Waals surface area contributed by atoms with Crippen LogP contribution in [0.25, 0.3) is 0 Å². The van der Waals surface area contributed by atoms with Crippen LogP contribution < -0.4 is 124 Å². The number of aliphatic hydroxyl groups excluding tert-OH is 7. The Hall–Kier alpha value is -15.0. The summed E-state index contributed by atoms with van der Waals surface area (Å²) in [6, 6.07) is -18.0. The lowest BCUT2D eigenvalue weighted by Crippen LogP contribution is -2.64. The standard InChI is InChI=1S/C88H138N24O34/c1-38(2)28-52(76(134)104-57(36-114)80(138)101-53(29-46-16-13-12-14-17-46)77(135)105-58(37-115)81(139)102-54(30-47-19-21-48(120)22-20-47)79(137)109-66(40(5)6)87(145)146)100-78(136)55(31-64(127)128)103-84(142)68(43(9)117)112-86(144)70(45(11)119)111-75(133)49(18-15-27-93-88(91)92)99-82(140)65(39(3)4)108-85(143)69(44(10)118)110-71(129)41(7)96-74(132)51(23-25-59(90)121)98-62(124)33-94-72(130)50(24-26-63(125)126)97-61(123)34-95-73(131)56(35-113)106-83(141)67(42(8)116)107-60(122)32-89/h12-14,16-17,19-22,38-45,49-58,65-70,113-120H,15,18,23-37,89H2,1-11H3,(H2,90,121)(H,94,130)(H,95,131)(H,96,132)(H,97,123)(H,98,124)(H,99,140)(H,100,136)(H,101,138)(H,102,139)(H,103,142)(H,104,134)(H,105,135)(H,106,141)(H,107,122)(H,108,143)(H,109,137)(H,110,129)(H,111,133)(H,112,144)(H,125,126)(H,127,128)(H,145,146)(H4,91,92,93)/t41-,42+,43+,44+,45+,49-,50-,51-,52-,53-,54-,55-,56-,57-,58-,65-,66-,67-,68-,69-,70-/m0/s1. The van der Waals surface area contributed by atoms with E-state index in [-0.39, 0.29) is 38.0 Å². The quantitative estimate of drug-likeness (QED) is 0.0166. The highest BCUT2D eigenvalue weighted by molar-refractivity contribution is 6.03. The Morgan fingerprint density at radius 2 is 0.664 bits per heavy atom. The molecule has 0 spiro atoms. The molecular formula is C88H138N24O34. The fourth-order valence-corrected chi connectivity index (χ4v) is 13.5. The van der Waals surface area contributed by atoms with Crippen LogP contribution in [0.5, 0.6) is 5.75 Å². The normalized spacial score (nSPS) is 15.4. The Kier molecular flexibility index (Phi) is 55.6. The van der Waals surface area contributed by atoms with Gasteiger partial charge in [0.2, 0.25) is 118 Å². The predicted octanol–water partition coefficient (Wildman–Crippen LogP) is -14.6. The zero-order valence-corrected chi connectivity index (χ0v) is 82.1. The summed E-state index contributed by atoms with van der Waals surface area (Å²) in [5.41, 5.74) is 16.8. The summed E-state index contributed by atoms with van der Waals surface area (Å²) in [5, 5.41) is 165. The zero-order chi connectivity index (χ0) is 111. The van der Waals surface area contributed by atoms with Crippen molar-refractivity contribution in [2.24, 2.45) is 35.0 Å². The van der Waals surface area contributed by atoms with Gasteiger partial charge in [-0.25, -0.2) is 4.79 Å². The molecule has 814 valence electrons. The molecule has 0 fully saturated rings. The summed E-state index contributed by atoms with van der Waals surface area (Å²) in [6.45, 7) is 7.79. The van der Waals surface area contributed by atoms with Crippen molar-refractivity contribution in [1.82, 2.24) is 106 Å². The number of nitrogens with one attached hydrogen (secondary N) is 21. The molecule has 2 rings (SSSR count). The number of phenolic OH excluding ortho intramolecular Hbond substituents is 1. The fourth-order valence-electron chi connectivity index (χ4n) is 13.5. The van der Waals surface area contributed by atoms with Crippen molar-refractivity contribution in [2.75, 3.05) is 46.0 Å². The van der Waals surface area contributed by atoms with E-state index in [9.17, 15) is 166 Å². The maximum atomic E-state index is 14.5. The van der Waals surface area contributed by atoms with Crippen LogP contribution in [0.15, 0.2) is 54.6 Å². The molecule has 58 nitrogen and oxygen atoms in total. The Labute approximate surface area is 836 Å². The lowest BCUT2D eigenvalue weighted by Gasteiger charge is -2.30. The molecule has 0 aliphatic heterocycles. The smallest absolute Gasteiger partial charge is 0.326 e. The minimum atomic E-state index is -2.22. The summed E-state index contributed by atoms with van der Waals surface area (Å²) >= 11 is 0. The molecular weight excluding hydrogens is 1940 g/mol. The second-order valence-corrected chi connectivity index (χ2v) is 35.1. The third-order valence-electron chi connectivity index (χ3n) is 21.5. The van der Waals surface area contributed by atoms with E-state index in [0.717, 1.165) is 34.6 Å². The monoisotopic (exact) mass is 2070 g/mol. The maximum Gasteiger partial charge on any atom is 0.326 e. The zero-order valence-electron chi connectivity index (χ0n) is 82.1. The number of benzene rings is 2. The topological polar surface area (TPSA) is 958 Å². The average Bonchev–Trinajstić information content (AvgIpc) is 0.833. The predicted molar refractivity (Wildman–Crippen MR) is 507 cm³/mol. The Morgan fingerprint density at radius 1 is 0.329 bits per heavy atom. The number of carboxylic acid groups (broad SMARTS) is 3. The van der Waals surface area contributed by atoms with Crippen LogP contribution in [0.4, 0.5) is 0 Å². The third kappa shape index (κ3) is 46.2. The van der Waals surface area contributed by atoms with Gasteiger partial charge in [0.1, 0.15) is 108 Å². The first-order valence-corrected chi connectivity index (χ1v) is 46.1. The first-order chi connectivity index (χ1) is 68.3. The highest BCUT2D eigenvalue weighted by atomic mass is 16.4. The number of nitrogens with two attached hydrogens (primary N) is 3. The van der Waals surface area contributed by atoms with Gasteiger partial charge >= 0.3 is 17.9 Å². The van der Waals surface area contributed by atoms with Gasteiger partial charge in [0.05, 0.1) is 70.3 Å². The number of aliphatic hydroxyl groups is 7. The summed E-state index contributed by atoms with van der Waals surface area (Å²) < 4.78 is 0. The van der Waals surface area contributed by atoms with Gasteiger partial charge in [-0.15, -0.1) is 0 Å². The molecule has 0 saturated carbocycles. The van der Waals surface area contributed by atoms with Gasteiger partial charge in [0, 0.05) is 32.2 Å². The van der Waals surface area contributed by atoms with Crippen molar-refractivity contribution in [1.29, 1.82) is 5.41 Å². The fraction of sp³-hybridized carbons (Fsp3) is 0.591. The molecule has 0 radical (unpaired) electrons. The number of carboxylic acids is 3. The van der Waals surface area contributed by atoms with Gasteiger partial charge in [-0.05, 0) is 108 Å². The van der Waals surface area contributed by atoms with Crippen molar-refractivity contribution < 1.29 is 166 Å². The lowest BCUT2D eigenvalue weighted by atomic mass is 10.0. The second kappa shape index (κ2) is 63.9. The maximum absolute atomic E-state index is 14.5. The molecule has 20 amide bonds. The largest absolute Gasteiger partial charge is 0.508 e. The average molecular weight is 2080 g/mol. The lowest BCUT2D eigenvalue weighted by molar-refractivity contribution is -0.143. The third-order valence-corrected chi connectivity index (χ3v) is 21.5. The number of guanidine groups is 1. The number of carbonyl (C=O) groups is 23. The van der Waals surface area contributed by atoms with E-state index in [1.807, 2.05) is 0 Å². The number of aromatic hydroxyl groups is 1. The van der Waals surface area contributed by atoms with Gasteiger partial charge < -0.3 is 180 Å². The molecule has 2 aromatic carbocycles. The highest BCUT2D eigenvalue weighted by Crippen LogP contribution is 2.17. The summed E-state index contributed by atoms with van der Waals surface area (Å²) in [7, 11) is 0. The first-order valence-electron chi connectivity index (χ1n) is 46.1. The molecule has 0 unspecified atom stereocenters. The number of amides is 20. The van der Waals surface area contributed by atoms with Gasteiger partial charge in [0.15, 0.2) is 5.96 Å². The van der Waals surface area contributed by atoms with Crippen molar-refractivity contribution in [2.45, 2.75) is 267 Å². The van der Waals surface area contributed by atoms with Crippen LogP contribution in [0, 0.1) is 23.2 Å². The van der Waals surface area contributed by atoms with Gasteiger partial charge in [0.25, 0.3) is 0 Å². The van der Waals surface area contributed by atoms with Crippen molar-refractivity contribution in [3.8, 4) is 5.75 Å². The van der Waals surface area contributed by atoms with E-state index in [4.69, 9.17) is 22.6 Å². The summed E-state index contributed by atoms with van der Waals surface area (Å²) in [4.78, 5) is 309. The summed E-state index contributed by atoms with van der Waals surface area (Å²) in [5.74, 6) is -31.7. The van der Waals surface area contributed by atoms with Crippen molar-refractivity contribution in [3.63, 3.8) is 0 Å². The van der Waals surface area contributed by atoms with E-state index in [1.54, 1.807) is 32.0 Å². The van der Waals surface area contributed by atoms with Gasteiger partial charge in [-0.3, -0.25) is 111 Å². The number of aliphatic carboxylic acids is 3. The molecule has 38 N–H and O–H groups in total. The highest BCUT2D eigenvalue weighted by Gasteiger charge is 2.42. The number of carbonyl (C=O) groups excluding carboxylic acids is 20. The number of rotatable bonds is 66. The van der Waals surface area contributed by atoms with Gasteiger partial charge in [-0.2, -0.15) is 0 Å². The molecule has 0 aliphatic carbocycles. The Bertz CT molecular complexity index is 4840. The van der Waals surface area contributed by atoms with Crippen LogP contribution in [0.2, 0.25) is 0 Å². The number of hydrogen-bond donors (Lipinski definition) is 35. The van der Waals surface area contributed by atoms with Crippen LogP contribution in [-0.4, -0.2) is 371 Å². The van der Waals surface area contributed by atoms with E-state index in [1.165, 1.54) is 64.1 Å². The number of primary amides is 1. The molecule has 2 aromatic rings. The minimum Gasteiger partial charge on any atom is -0.508 e. The van der Waals surface area contributed by atoms with E-state index < -0.39 is 365 Å². The molecule has 0 aliphatic rings. The summed E-state index contributed by atoms with van der Waals surface area (Å²) in [6.07, 6.45) is -12.7. The Balaban J connectivity index is 2.40.